The van der Waals surface area contributed by atoms with E-state index in [-0.39, 0.29) is 0 Å². The van der Waals surface area contributed by atoms with Crippen LogP contribution in [0.25, 0.3) is 0 Å². The Balaban J connectivity index is 0.000000299. The second kappa shape index (κ2) is 9.03. The minimum absolute atomic E-state index is 0.493. The first-order valence-corrected chi connectivity index (χ1v) is 10.6. The van der Waals surface area contributed by atoms with Crippen LogP contribution in [0.15, 0.2) is 60.7 Å². The van der Waals surface area contributed by atoms with Crippen molar-refractivity contribution in [1.29, 1.82) is 0 Å². The van der Waals surface area contributed by atoms with E-state index in [9.17, 15) is 10.2 Å². The lowest BCUT2D eigenvalue weighted by molar-refractivity contribution is -0.154. The zero-order chi connectivity index (χ0) is 19.2. The van der Waals surface area contributed by atoms with Crippen LogP contribution in [0.5, 0.6) is 0 Å². The highest BCUT2D eigenvalue weighted by Gasteiger charge is 2.55. The maximum Gasteiger partial charge on any atom is 0.125 e. The van der Waals surface area contributed by atoms with Gasteiger partial charge in [0, 0.05) is 5.41 Å². The molecule has 27 heavy (non-hydrogen) atoms. The fourth-order valence-corrected chi connectivity index (χ4v) is 4.85. The quantitative estimate of drug-likeness (QED) is 0.714. The molecular formula is C25H34O2. The summed E-state index contributed by atoms with van der Waals surface area (Å²) in [6.07, 6.45) is 10.7. The molecule has 2 aliphatic carbocycles. The van der Waals surface area contributed by atoms with Gasteiger partial charge in [-0.2, -0.15) is 0 Å². The van der Waals surface area contributed by atoms with Crippen molar-refractivity contribution in [3.63, 3.8) is 0 Å². The third kappa shape index (κ3) is 4.12. The molecule has 2 nitrogen and oxygen atoms in total. The molecule has 0 radical (unpaired) electrons. The molecule has 0 aliphatic heterocycles. The molecule has 0 amide bonds. The molecule has 2 N–H and O–H groups in total. The number of aliphatic hydroxyl groups is 2. The Morgan fingerprint density at radius 2 is 1.15 bits per heavy atom. The maximum atomic E-state index is 11.5. The third-order valence-electron chi connectivity index (χ3n) is 6.60. The first-order chi connectivity index (χ1) is 13.1. The standard InChI is InChI=1S/C19H22O2.C6H12/c1-18(15-9-4-2-5-10-15)14-8-13-17(20)19(18,21)16-11-6-3-7-12-16;1-2-4-6-5-3-1/h2-7,9-12,17,20-21H,8,13-14H2,1H3;1-6H2. The Labute approximate surface area is 164 Å². The van der Waals surface area contributed by atoms with E-state index in [0.29, 0.717) is 6.42 Å². The molecule has 4 rings (SSSR count). The van der Waals surface area contributed by atoms with Gasteiger partial charge in [0.15, 0.2) is 0 Å². The molecule has 2 fully saturated rings. The normalized spacial score (nSPS) is 30.9. The van der Waals surface area contributed by atoms with Crippen molar-refractivity contribution >= 4 is 0 Å². The van der Waals surface area contributed by atoms with Crippen LogP contribution >= 0.6 is 0 Å². The van der Waals surface area contributed by atoms with Gasteiger partial charge < -0.3 is 10.2 Å². The summed E-state index contributed by atoms with van der Waals surface area (Å²) in [5.74, 6) is 0. The van der Waals surface area contributed by atoms with Crippen molar-refractivity contribution in [3.05, 3.63) is 71.8 Å². The predicted octanol–water partition coefficient (Wildman–Crippen LogP) is 5.72. The fraction of sp³-hybridized carbons (Fsp3) is 0.520. The average Bonchev–Trinajstić information content (AvgIpc) is 2.75. The summed E-state index contributed by atoms with van der Waals surface area (Å²) in [5, 5.41) is 22.2. The first-order valence-electron chi connectivity index (χ1n) is 10.6. The first kappa shape index (κ1) is 20.1. The highest BCUT2D eigenvalue weighted by atomic mass is 16.3. The lowest BCUT2D eigenvalue weighted by Crippen LogP contribution is -2.57. The molecular weight excluding hydrogens is 332 g/mol. The molecule has 2 saturated carbocycles. The van der Waals surface area contributed by atoms with Crippen LogP contribution in [0, 0.1) is 0 Å². The monoisotopic (exact) mass is 366 g/mol. The number of hydrogen-bond acceptors (Lipinski definition) is 2. The number of rotatable bonds is 2. The lowest BCUT2D eigenvalue weighted by Gasteiger charge is -2.52. The van der Waals surface area contributed by atoms with Gasteiger partial charge in [-0.3, -0.25) is 0 Å². The molecule has 0 saturated heterocycles. The zero-order valence-electron chi connectivity index (χ0n) is 16.6. The van der Waals surface area contributed by atoms with Gasteiger partial charge >= 0.3 is 0 Å². The summed E-state index contributed by atoms with van der Waals surface area (Å²) in [6, 6.07) is 19.7. The van der Waals surface area contributed by atoms with Gasteiger partial charge in [0.25, 0.3) is 0 Å². The van der Waals surface area contributed by atoms with Crippen molar-refractivity contribution in [2.45, 2.75) is 81.8 Å². The van der Waals surface area contributed by atoms with Crippen molar-refractivity contribution in [2.24, 2.45) is 0 Å². The van der Waals surface area contributed by atoms with E-state index < -0.39 is 17.1 Å². The maximum absolute atomic E-state index is 11.5. The average molecular weight is 367 g/mol. The molecule has 2 aromatic carbocycles. The van der Waals surface area contributed by atoms with Gasteiger partial charge in [-0.05, 0) is 30.4 Å². The van der Waals surface area contributed by atoms with Crippen molar-refractivity contribution in [1.82, 2.24) is 0 Å². The van der Waals surface area contributed by atoms with E-state index >= 15 is 0 Å². The topological polar surface area (TPSA) is 40.5 Å². The van der Waals surface area contributed by atoms with Crippen LogP contribution in [-0.4, -0.2) is 16.3 Å². The van der Waals surface area contributed by atoms with E-state index in [1.807, 2.05) is 60.7 Å². The summed E-state index contributed by atoms with van der Waals surface area (Å²) in [7, 11) is 0. The highest BCUT2D eigenvalue weighted by molar-refractivity contribution is 5.38. The summed E-state index contributed by atoms with van der Waals surface area (Å²) in [6.45, 7) is 2.07. The summed E-state index contributed by atoms with van der Waals surface area (Å²) in [5.41, 5.74) is 0.125. The van der Waals surface area contributed by atoms with E-state index in [2.05, 4.69) is 6.92 Å². The highest BCUT2D eigenvalue weighted by Crippen LogP contribution is 2.51. The van der Waals surface area contributed by atoms with E-state index in [1.54, 1.807) is 0 Å². The Morgan fingerprint density at radius 3 is 1.63 bits per heavy atom. The second-order valence-corrected chi connectivity index (χ2v) is 8.36. The molecule has 2 heteroatoms. The lowest BCUT2D eigenvalue weighted by atomic mass is 9.57. The minimum atomic E-state index is -1.26. The molecule has 0 spiro atoms. The Kier molecular flexibility index (Phi) is 6.73. The van der Waals surface area contributed by atoms with Crippen LogP contribution in [0.2, 0.25) is 0 Å². The van der Waals surface area contributed by atoms with Crippen LogP contribution in [0.4, 0.5) is 0 Å². The Morgan fingerprint density at radius 1 is 0.704 bits per heavy atom. The van der Waals surface area contributed by atoms with Gasteiger partial charge in [-0.15, -0.1) is 0 Å². The van der Waals surface area contributed by atoms with Crippen molar-refractivity contribution in [2.75, 3.05) is 0 Å². The summed E-state index contributed by atoms with van der Waals surface area (Å²) < 4.78 is 0. The van der Waals surface area contributed by atoms with E-state index in [4.69, 9.17) is 0 Å². The van der Waals surface area contributed by atoms with E-state index in [1.165, 1.54) is 38.5 Å². The van der Waals surface area contributed by atoms with Gasteiger partial charge in [-0.1, -0.05) is 106 Å². The van der Waals surface area contributed by atoms with E-state index in [0.717, 1.165) is 24.0 Å². The molecule has 2 aromatic rings. The van der Waals surface area contributed by atoms with Gasteiger partial charge in [0.05, 0.1) is 6.10 Å². The van der Waals surface area contributed by atoms with Crippen LogP contribution in [0.3, 0.4) is 0 Å². The minimum Gasteiger partial charge on any atom is -0.390 e. The van der Waals surface area contributed by atoms with Crippen molar-refractivity contribution < 1.29 is 10.2 Å². The summed E-state index contributed by atoms with van der Waals surface area (Å²) >= 11 is 0. The van der Waals surface area contributed by atoms with Gasteiger partial charge in [0.1, 0.15) is 5.60 Å². The van der Waals surface area contributed by atoms with Crippen molar-refractivity contribution in [3.8, 4) is 0 Å². The smallest absolute Gasteiger partial charge is 0.125 e. The van der Waals surface area contributed by atoms with Gasteiger partial charge in [0.2, 0.25) is 0 Å². The molecule has 2 aliphatic rings. The zero-order valence-corrected chi connectivity index (χ0v) is 16.6. The SMILES string of the molecule is C1CCCCC1.CC1(c2ccccc2)CCCC(O)C1(O)c1ccccc1. The number of benzene rings is 2. The molecule has 3 unspecified atom stereocenters. The fourth-order valence-electron chi connectivity index (χ4n) is 4.85. The Hall–Kier alpha value is -1.64. The largest absolute Gasteiger partial charge is 0.390 e. The molecule has 0 heterocycles. The summed E-state index contributed by atoms with van der Waals surface area (Å²) in [4.78, 5) is 0. The van der Waals surface area contributed by atoms with Crippen LogP contribution in [-0.2, 0) is 11.0 Å². The molecule has 146 valence electrons. The molecule has 0 aromatic heterocycles. The van der Waals surface area contributed by atoms with Crippen LogP contribution < -0.4 is 0 Å². The van der Waals surface area contributed by atoms with Gasteiger partial charge in [-0.25, -0.2) is 0 Å². The molecule has 3 atom stereocenters. The predicted molar refractivity (Wildman–Crippen MR) is 112 cm³/mol. The third-order valence-corrected chi connectivity index (χ3v) is 6.60. The number of aliphatic hydroxyl groups excluding tert-OH is 1. The molecule has 0 bridgehead atoms. The van der Waals surface area contributed by atoms with Crippen LogP contribution in [0.1, 0.15) is 75.8 Å². The Bertz CT molecular complexity index is 668. The second-order valence-electron chi connectivity index (χ2n) is 8.36. The number of hydrogen-bond donors (Lipinski definition) is 2.